The first-order chi connectivity index (χ1) is 12.7. The number of aromatic hydroxyl groups is 1. The second-order valence-corrected chi connectivity index (χ2v) is 8.57. The van der Waals surface area contributed by atoms with Crippen LogP contribution in [0.5, 0.6) is 11.5 Å². The lowest BCUT2D eigenvalue weighted by atomic mass is 9.52. The number of benzene rings is 1. The monoisotopic (exact) mass is 478 g/mol. The summed E-state index contributed by atoms with van der Waals surface area (Å²) in [5, 5.41) is 10.2. The van der Waals surface area contributed by atoms with E-state index in [1.165, 1.54) is 7.11 Å². The first-order valence-electron chi connectivity index (χ1n) is 8.83. The number of phenolic OH excluding ortho intramolecular Hbond substituents is 1. The highest BCUT2D eigenvalue weighted by molar-refractivity contribution is 14.1. The maximum atomic E-state index is 13.4. The van der Waals surface area contributed by atoms with E-state index in [9.17, 15) is 14.7 Å². The Morgan fingerprint density at radius 1 is 1.30 bits per heavy atom. The van der Waals surface area contributed by atoms with E-state index in [0.717, 1.165) is 11.1 Å². The minimum Gasteiger partial charge on any atom is -0.504 e. The van der Waals surface area contributed by atoms with E-state index in [-0.39, 0.29) is 23.2 Å². The largest absolute Gasteiger partial charge is 0.504 e. The van der Waals surface area contributed by atoms with Gasteiger partial charge in [-0.15, -0.1) is 0 Å². The van der Waals surface area contributed by atoms with Crippen molar-refractivity contribution in [3.63, 3.8) is 0 Å². The standard InChI is InChI=1S/C22H23IO4/c1-6-13-7-8-15-19(24)11(2)12(3)21(26)22(15,4)18(13)14-9-16(23)20(25)17(10-14)27-5/h6-7,9-10,15,18,25H,1,8H2,2-5H3. The van der Waals surface area contributed by atoms with Crippen LogP contribution < -0.4 is 4.74 Å². The van der Waals surface area contributed by atoms with Gasteiger partial charge < -0.3 is 9.84 Å². The molecule has 5 heteroatoms. The van der Waals surface area contributed by atoms with Crippen LogP contribution in [0.25, 0.3) is 0 Å². The molecule has 1 aromatic rings. The third-order valence-electron chi connectivity index (χ3n) is 6.16. The highest BCUT2D eigenvalue weighted by Gasteiger charge is 2.56. The molecule has 1 aromatic carbocycles. The summed E-state index contributed by atoms with van der Waals surface area (Å²) in [5.74, 6) is -0.273. The first kappa shape index (κ1) is 19.9. The predicted octanol–water partition coefficient (Wildman–Crippen LogP) is 4.72. The van der Waals surface area contributed by atoms with Crippen molar-refractivity contribution in [2.75, 3.05) is 7.11 Å². The number of methoxy groups -OCH3 is 1. The number of carbonyl (C=O) groups is 2. The lowest BCUT2D eigenvalue weighted by Gasteiger charge is -2.48. The smallest absolute Gasteiger partial charge is 0.171 e. The van der Waals surface area contributed by atoms with Crippen LogP contribution in [-0.2, 0) is 9.59 Å². The molecule has 0 aromatic heterocycles. The molecule has 0 fully saturated rings. The summed E-state index contributed by atoms with van der Waals surface area (Å²) < 4.78 is 5.95. The van der Waals surface area contributed by atoms with Crippen LogP contribution in [0.4, 0.5) is 0 Å². The number of ketones is 2. The van der Waals surface area contributed by atoms with E-state index in [2.05, 4.69) is 6.58 Å². The SMILES string of the molecule is C=CC1=CCC2C(=O)C(C)=C(C)C(=O)C2(C)C1c1cc(I)c(O)c(OC)c1. The van der Waals surface area contributed by atoms with Crippen molar-refractivity contribution in [1.29, 1.82) is 0 Å². The molecular weight excluding hydrogens is 455 g/mol. The van der Waals surface area contributed by atoms with Crippen molar-refractivity contribution < 1.29 is 19.4 Å². The van der Waals surface area contributed by atoms with Gasteiger partial charge in [-0.25, -0.2) is 0 Å². The van der Waals surface area contributed by atoms with Gasteiger partial charge in [-0.3, -0.25) is 9.59 Å². The molecule has 4 nitrogen and oxygen atoms in total. The van der Waals surface area contributed by atoms with Gasteiger partial charge in [0.1, 0.15) is 0 Å². The highest BCUT2D eigenvalue weighted by Crippen LogP contribution is 2.56. The number of carbonyl (C=O) groups excluding carboxylic acids is 2. The summed E-state index contributed by atoms with van der Waals surface area (Å²) in [4.78, 5) is 26.4. The molecule has 0 radical (unpaired) electrons. The Kier molecular flexibility index (Phi) is 5.10. The Hall–Kier alpha value is -1.89. The number of rotatable bonds is 3. The molecule has 0 bridgehead atoms. The van der Waals surface area contributed by atoms with Gasteiger partial charge >= 0.3 is 0 Å². The second-order valence-electron chi connectivity index (χ2n) is 7.41. The van der Waals surface area contributed by atoms with Crippen molar-refractivity contribution in [3.05, 3.63) is 56.7 Å². The molecule has 3 unspecified atom stereocenters. The van der Waals surface area contributed by atoms with E-state index in [0.29, 0.717) is 26.9 Å². The van der Waals surface area contributed by atoms with Gasteiger partial charge in [-0.1, -0.05) is 25.7 Å². The number of allylic oxidation sites excluding steroid dienone is 5. The summed E-state index contributed by atoms with van der Waals surface area (Å²) in [6, 6.07) is 3.61. The number of hydrogen-bond acceptors (Lipinski definition) is 4. The van der Waals surface area contributed by atoms with Crippen LogP contribution in [0.3, 0.4) is 0 Å². The van der Waals surface area contributed by atoms with E-state index in [1.54, 1.807) is 26.0 Å². The Bertz CT molecular complexity index is 924. The fourth-order valence-corrected chi connectivity index (χ4v) is 5.13. The average molecular weight is 478 g/mol. The van der Waals surface area contributed by atoms with Gasteiger partial charge in [0.15, 0.2) is 23.1 Å². The Balaban J connectivity index is 2.29. The molecule has 142 valence electrons. The van der Waals surface area contributed by atoms with Gasteiger partial charge in [-0.05, 0) is 77.3 Å². The van der Waals surface area contributed by atoms with Gasteiger partial charge in [0.25, 0.3) is 0 Å². The molecule has 0 amide bonds. The summed E-state index contributed by atoms with van der Waals surface area (Å²) in [5.41, 5.74) is 1.96. The normalized spacial score (nSPS) is 28.0. The van der Waals surface area contributed by atoms with Crippen LogP contribution in [-0.4, -0.2) is 23.8 Å². The van der Waals surface area contributed by atoms with Crippen molar-refractivity contribution >= 4 is 34.2 Å². The Labute approximate surface area is 173 Å². The molecule has 27 heavy (non-hydrogen) atoms. The topological polar surface area (TPSA) is 63.6 Å². The Morgan fingerprint density at radius 2 is 1.96 bits per heavy atom. The zero-order chi connectivity index (χ0) is 20.1. The first-order valence-corrected chi connectivity index (χ1v) is 9.91. The molecule has 0 saturated heterocycles. The molecule has 0 spiro atoms. The van der Waals surface area contributed by atoms with E-state index < -0.39 is 11.3 Å². The summed E-state index contributed by atoms with van der Waals surface area (Å²) in [6.45, 7) is 9.30. The zero-order valence-electron chi connectivity index (χ0n) is 15.9. The van der Waals surface area contributed by atoms with Crippen LogP contribution >= 0.6 is 22.6 Å². The fourth-order valence-electron chi connectivity index (χ4n) is 4.51. The van der Waals surface area contributed by atoms with Crippen LogP contribution in [0.1, 0.15) is 38.7 Å². The van der Waals surface area contributed by atoms with Crippen molar-refractivity contribution in [2.24, 2.45) is 11.3 Å². The minimum absolute atomic E-state index is 0.00380. The second kappa shape index (κ2) is 6.93. The third-order valence-corrected chi connectivity index (χ3v) is 6.99. The molecular formula is C22H23IO4. The van der Waals surface area contributed by atoms with Gasteiger partial charge in [0, 0.05) is 11.8 Å². The minimum atomic E-state index is -0.899. The molecule has 3 rings (SSSR count). The van der Waals surface area contributed by atoms with E-state index in [1.807, 2.05) is 41.7 Å². The number of phenols is 1. The van der Waals surface area contributed by atoms with Crippen molar-refractivity contribution in [2.45, 2.75) is 33.1 Å². The number of ether oxygens (including phenoxy) is 1. The summed E-state index contributed by atoms with van der Waals surface area (Å²) in [7, 11) is 1.50. The van der Waals surface area contributed by atoms with Crippen LogP contribution in [0.2, 0.25) is 0 Å². The number of fused-ring (bicyclic) bond motifs is 1. The maximum absolute atomic E-state index is 13.4. The molecule has 2 aliphatic carbocycles. The zero-order valence-corrected chi connectivity index (χ0v) is 18.1. The lowest BCUT2D eigenvalue weighted by molar-refractivity contribution is -0.138. The number of hydrogen-bond donors (Lipinski definition) is 1. The van der Waals surface area contributed by atoms with Gasteiger partial charge in [0.05, 0.1) is 16.1 Å². The Morgan fingerprint density at radius 3 is 2.56 bits per heavy atom. The molecule has 2 aliphatic rings. The number of halogens is 1. The van der Waals surface area contributed by atoms with E-state index in [4.69, 9.17) is 4.74 Å². The third kappa shape index (κ3) is 2.78. The summed E-state index contributed by atoms with van der Waals surface area (Å²) >= 11 is 2.05. The fraction of sp³-hybridized carbons (Fsp3) is 0.364. The van der Waals surface area contributed by atoms with Crippen molar-refractivity contribution in [3.8, 4) is 11.5 Å². The van der Waals surface area contributed by atoms with Crippen LogP contribution in [0.15, 0.2) is 47.6 Å². The van der Waals surface area contributed by atoms with Crippen molar-refractivity contribution in [1.82, 2.24) is 0 Å². The molecule has 1 N–H and O–H groups in total. The average Bonchev–Trinajstić information content (AvgIpc) is 2.66. The predicted molar refractivity (Wildman–Crippen MR) is 113 cm³/mol. The quantitative estimate of drug-likeness (QED) is 0.639. The molecule has 0 saturated carbocycles. The maximum Gasteiger partial charge on any atom is 0.171 e. The van der Waals surface area contributed by atoms with E-state index >= 15 is 0 Å². The molecule has 3 atom stereocenters. The van der Waals surface area contributed by atoms with Gasteiger partial charge in [-0.2, -0.15) is 0 Å². The molecule has 0 heterocycles. The lowest BCUT2D eigenvalue weighted by Crippen LogP contribution is -2.50. The highest BCUT2D eigenvalue weighted by atomic mass is 127. The van der Waals surface area contributed by atoms with Crippen LogP contribution in [0, 0.1) is 14.9 Å². The number of Topliss-reactive ketones (excluding diaryl/α,β-unsaturated/α-hetero) is 2. The van der Waals surface area contributed by atoms with Gasteiger partial charge in [0.2, 0.25) is 0 Å². The summed E-state index contributed by atoms with van der Waals surface area (Å²) in [6.07, 6.45) is 4.29. The molecule has 0 aliphatic heterocycles.